The molecule has 11 heteroatoms. The Bertz CT molecular complexity index is 1310. The SMILES string of the molecule is CCOC1Oc2ccc([N+](=O)[O-])cc2C(=O)/C1=C\Nc1nc2cc(C)c(SC#N)cc2s1. The number of anilines is 1. The Kier molecular flexibility index (Phi) is 6.09. The van der Waals surface area contributed by atoms with Gasteiger partial charge in [-0.25, -0.2) is 4.98 Å². The fraction of sp³-hybridized carbons (Fsp3) is 0.190. The van der Waals surface area contributed by atoms with E-state index in [0.29, 0.717) is 11.7 Å². The third kappa shape index (κ3) is 4.16. The van der Waals surface area contributed by atoms with Gasteiger partial charge in [-0.05, 0) is 49.4 Å². The van der Waals surface area contributed by atoms with Crippen molar-refractivity contribution in [2.24, 2.45) is 0 Å². The van der Waals surface area contributed by atoms with Gasteiger partial charge in [0, 0.05) is 29.8 Å². The first-order valence-corrected chi connectivity index (χ1v) is 11.1. The number of carbonyl (C=O) groups excluding carboxylic acids is 1. The molecule has 1 aliphatic rings. The Labute approximate surface area is 190 Å². The van der Waals surface area contributed by atoms with Crippen LogP contribution >= 0.6 is 23.1 Å². The normalized spacial score (nSPS) is 16.5. The summed E-state index contributed by atoms with van der Waals surface area (Å²) in [6.45, 7) is 3.99. The van der Waals surface area contributed by atoms with Gasteiger partial charge in [-0.15, -0.1) is 0 Å². The second-order valence-corrected chi connectivity index (χ2v) is 8.57. The third-order valence-electron chi connectivity index (χ3n) is 4.68. The number of aromatic nitrogens is 1. The number of nitrogens with zero attached hydrogens (tertiary/aromatic N) is 3. The summed E-state index contributed by atoms with van der Waals surface area (Å²) < 4.78 is 12.2. The Morgan fingerprint density at radius 2 is 2.25 bits per heavy atom. The summed E-state index contributed by atoms with van der Waals surface area (Å²) in [5.74, 6) is -0.195. The molecule has 1 N–H and O–H groups in total. The number of hydrogen-bond donors (Lipinski definition) is 1. The Hall–Kier alpha value is -3.46. The van der Waals surface area contributed by atoms with Gasteiger partial charge >= 0.3 is 0 Å². The van der Waals surface area contributed by atoms with E-state index in [0.717, 1.165) is 32.4 Å². The molecule has 9 nitrogen and oxygen atoms in total. The van der Waals surface area contributed by atoms with Gasteiger partial charge in [0.25, 0.3) is 5.69 Å². The van der Waals surface area contributed by atoms with Crippen LogP contribution in [0.2, 0.25) is 0 Å². The molecule has 0 amide bonds. The van der Waals surface area contributed by atoms with Gasteiger partial charge in [0.05, 0.1) is 26.3 Å². The summed E-state index contributed by atoms with van der Waals surface area (Å²) in [7, 11) is 0. The number of Topliss-reactive ketones (excluding diaryl/α,β-unsaturated/α-hetero) is 1. The number of thiazole rings is 1. The fourth-order valence-electron chi connectivity index (χ4n) is 3.18. The lowest BCUT2D eigenvalue weighted by Crippen LogP contribution is -2.33. The minimum Gasteiger partial charge on any atom is -0.460 e. The van der Waals surface area contributed by atoms with E-state index in [9.17, 15) is 14.9 Å². The lowest BCUT2D eigenvalue weighted by Gasteiger charge is -2.27. The van der Waals surface area contributed by atoms with E-state index in [2.05, 4.69) is 15.7 Å². The van der Waals surface area contributed by atoms with E-state index < -0.39 is 17.0 Å². The van der Waals surface area contributed by atoms with Crippen molar-refractivity contribution < 1.29 is 19.2 Å². The number of ketones is 1. The maximum absolute atomic E-state index is 13.1. The zero-order valence-electron chi connectivity index (χ0n) is 16.9. The third-order valence-corrected chi connectivity index (χ3v) is 6.38. The number of non-ortho nitro benzene ring substituents is 1. The zero-order valence-corrected chi connectivity index (χ0v) is 18.6. The molecule has 4 rings (SSSR count). The predicted octanol–water partition coefficient (Wildman–Crippen LogP) is 5.02. The number of carbonyl (C=O) groups is 1. The number of aryl methyl sites for hydroxylation is 1. The predicted molar refractivity (Wildman–Crippen MR) is 121 cm³/mol. The second-order valence-electron chi connectivity index (χ2n) is 6.71. The molecule has 3 aromatic rings. The molecular weight excluding hydrogens is 452 g/mol. The van der Waals surface area contributed by atoms with Gasteiger partial charge < -0.3 is 14.8 Å². The smallest absolute Gasteiger partial charge is 0.270 e. The molecule has 2 heterocycles. The number of ether oxygens (including phenoxy) is 2. The van der Waals surface area contributed by atoms with Crippen LogP contribution < -0.4 is 10.1 Å². The number of nitriles is 1. The van der Waals surface area contributed by atoms with Crippen LogP contribution in [0.3, 0.4) is 0 Å². The zero-order chi connectivity index (χ0) is 22.8. The fourth-order valence-corrected chi connectivity index (χ4v) is 4.61. The van der Waals surface area contributed by atoms with Crippen molar-refractivity contribution in [3.05, 3.63) is 63.3 Å². The lowest BCUT2D eigenvalue weighted by molar-refractivity contribution is -0.384. The topological polar surface area (TPSA) is 127 Å². The molecule has 0 saturated carbocycles. The van der Waals surface area contributed by atoms with Gasteiger partial charge in [-0.3, -0.25) is 14.9 Å². The van der Waals surface area contributed by atoms with Crippen LogP contribution in [0.4, 0.5) is 10.8 Å². The highest BCUT2D eigenvalue weighted by Gasteiger charge is 2.34. The molecule has 2 aromatic carbocycles. The van der Waals surface area contributed by atoms with Gasteiger partial charge in [0.1, 0.15) is 11.2 Å². The number of hydrogen-bond acceptors (Lipinski definition) is 10. The first kappa shape index (κ1) is 21.8. The van der Waals surface area contributed by atoms with E-state index in [4.69, 9.17) is 14.7 Å². The average molecular weight is 469 g/mol. The average Bonchev–Trinajstić information content (AvgIpc) is 3.15. The monoisotopic (exact) mass is 468 g/mol. The number of thioether (sulfide) groups is 1. The molecule has 1 aliphatic heterocycles. The molecule has 1 unspecified atom stereocenters. The molecule has 162 valence electrons. The molecule has 0 saturated heterocycles. The van der Waals surface area contributed by atoms with Crippen LogP contribution in [0.5, 0.6) is 5.75 Å². The summed E-state index contributed by atoms with van der Waals surface area (Å²) >= 11 is 2.46. The summed E-state index contributed by atoms with van der Waals surface area (Å²) in [6, 6.07) is 7.68. The van der Waals surface area contributed by atoms with Crippen molar-refractivity contribution in [2.75, 3.05) is 11.9 Å². The van der Waals surface area contributed by atoms with Crippen molar-refractivity contribution in [3.8, 4) is 11.2 Å². The number of thiocyanates is 1. The summed E-state index contributed by atoms with van der Waals surface area (Å²) in [5.41, 5.74) is 1.79. The molecule has 0 aliphatic carbocycles. The van der Waals surface area contributed by atoms with Crippen molar-refractivity contribution in [1.82, 2.24) is 4.98 Å². The Balaban J connectivity index is 1.67. The van der Waals surface area contributed by atoms with Crippen LogP contribution in [0, 0.1) is 27.7 Å². The van der Waals surface area contributed by atoms with E-state index in [-0.39, 0.29) is 22.6 Å². The molecule has 32 heavy (non-hydrogen) atoms. The molecular formula is C21H16N4O5S2. The van der Waals surface area contributed by atoms with Crippen molar-refractivity contribution >= 4 is 49.9 Å². The first-order valence-electron chi connectivity index (χ1n) is 9.46. The van der Waals surface area contributed by atoms with Crippen molar-refractivity contribution in [1.29, 1.82) is 5.26 Å². The highest BCUT2D eigenvalue weighted by molar-refractivity contribution is 8.03. The van der Waals surface area contributed by atoms with E-state index >= 15 is 0 Å². The maximum atomic E-state index is 13.1. The highest BCUT2D eigenvalue weighted by atomic mass is 32.2. The highest BCUT2D eigenvalue weighted by Crippen LogP contribution is 2.35. The van der Waals surface area contributed by atoms with Crippen LogP contribution in [0.1, 0.15) is 22.8 Å². The molecule has 1 atom stereocenters. The Morgan fingerprint density at radius 1 is 1.44 bits per heavy atom. The molecule has 0 spiro atoms. The molecule has 0 radical (unpaired) electrons. The first-order chi connectivity index (χ1) is 15.4. The maximum Gasteiger partial charge on any atom is 0.270 e. The quantitative estimate of drug-likeness (QED) is 0.174. The van der Waals surface area contributed by atoms with Crippen LogP contribution in [0.15, 0.2) is 47.0 Å². The number of rotatable bonds is 6. The van der Waals surface area contributed by atoms with Gasteiger partial charge in [-0.2, -0.15) is 5.26 Å². The van der Waals surface area contributed by atoms with Gasteiger partial charge in [0.2, 0.25) is 12.1 Å². The van der Waals surface area contributed by atoms with Crippen LogP contribution in [0.25, 0.3) is 10.2 Å². The standard InChI is InChI=1S/C21H16N4O5S2/c1-3-29-20-14(19(26)13-7-12(25(27)28)4-5-16(13)30-20)9-23-21-24-15-6-11(2)17(31-10-22)8-18(15)32-21/h4-9,20H,3H2,1-2H3,(H,23,24)/b14-9+. The summed E-state index contributed by atoms with van der Waals surface area (Å²) in [5, 5.41) is 25.7. The number of nitrogens with one attached hydrogen (secondary N) is 1. The van der Waals surface area contributed by atoms with Crippen LogP contribution in [-0.4, -0.2) is 28.6 Å². The molecule has 0 fully saturated rings. The minimum absolute atomic E-state index is 0.0984. The largest absolute Gasteiger partial charge is 0.460 e. The molecule has 0 bridgehead atoms. The van der Waals surface area contributed by atoms with Crippen molar-refractivity contribution in [2.45, 2.75) is 25.0 Å². The Morgan fingerprint density at radius 3 is 2.97 bits per heavy atom. The van der Waals surface area contributed by atoms with Crippen molar-refractivity contribution in [3.63, 3.8) is 0 Å². The van der Waals surface area contributed by atoms with Crippen LogP contribution in [-0.2, 0) is 4.74 Å². The number of fused-ring (bicyclic) bond motifs is 2. The summed E-state index contributed by atoms with van der Waals surface area (Å²) in [4.78, 5) is 29.0. The minimum atomic E-state index is -0.954. The molecule has 1 aromatic heterocycles. The van der Waals surface area contributed by atoms with Gasteiger partial charge in [0.15, 0.2) is 5.13 Å². The number of nitro benzene ring substituents is 1. The van der Waals surface area contributed by atoms with E-state index in [1.165, 1.54) is 35.7 Å². The number of nitro groups is 1. The second kappa shape index (κ2) is 8.96. The van der Waals surface area contributed by atoms with E-state index in [1.807, 2.05) is 19.1 Å². The lowest BCUT2D eigenvalue weighted by atomic mass is 9.99. The number of benzene rings is 2. The van der Waals surface area contributed by atoms with E-state index in [1.54, 1.807) is 6.92 Å². The summed E-state index contributed by atoms with van der Waals surface area (Å²) in [6.07, 6.45) is 0.504. The van der Waals surface area contributed by atoms with Gasteiger partial charge in [-0.1, -0.05) is 11.3 Å².